The quantitative estimate of drug-likeness (QED) is 0.810. The maximum Gasteiger partial charge on any atom is 0.244 e. The van der Waals surface area contributed by atoms with E-state index in [1.165, 1.54) is 11.1 Å². The largest absolute Gasteiger partial charge is 0.338 e. The number of benzene rings is 1. The molecule has 1 aromatic carbocycles. The SMILES string of the molecule is CC(C)c1noc(C2CCCN2CCC(=O)N2CCc3ccccc3C2)n1. The molecule has 0 aliphatic carbocycles. The van der Waals surface area contributed by atoms with E-state index in [4.69, 9.17) is 4.52 Å². The van der Waals surface area contributed by atoms with Gasteiger partial charge in [-0.05, 0) is 36.9 Å². The van der Waals surface area contributed by atoms with E-state index in [9.17, 15) is 4.79 Å². The number of hydrogen-bond donors (Lipinski definition) is 0. The zero-order valence-electron chi connectivity index (χ0n) is 16.2. The first-order valence-corrected chi connectivity index (χ1v) is 10.0. The molecule has 144 valence electrons. The molecule has 6 heteroatoms. The highest BCUT2D eigenvalue weighted by Crippen LogP contribution is 2.31. The summed E-state index contributed by atoms with van der Waals surface area (Å²) >= 11 is 0. The van der Waals surface area contributed by atoms with Gasteiger partial charge >= 0.3 is 0 Å². The van der Waals surface area contributed by atoms with Crippen LogP contribution in [0.25, 0.3) is 0 Å². The second kappa shape index (κ2) is 7.80. The average Bonchev–Trinajstić information content (AvgIpc) is 3.34. The zero-order chi connectivity index (χ0) is 18.8. The molecule has 3 heterocycles. The molecule has 2 aromatic rings. The molecule has 2 aliphatic rings. The number of nitrogens with zero attached hydrogens (tertiary/aromatic N) is 4. The van der Waals surface area contributed by atoms with E-state index < -0.39 is 0 Å². The van der Waals surface area contributed by atoms with Crippen molar-refractivity contribution in [3.8, 4) is 0 Å². The van der Waals surface area contributed by atoms with Crippen LogP contribution in [0.2, 0.25) is 0 Å². The van der Waals surface area contributed by atoms with Gasteiger partial charge < -0.3 is 9.42 Å². The maximum atomic E-state index is 12.7. The minimum atomic E-state index is 0.153. The van der Waals surface area contributed by atoms with Crippen molar-refractivity contribution in [3.63, 3.8) is 0 Å². The van der Waals surface area contributed by atoms with Gasteiger partial charge in [-0.2, -0.15) is 4.98 Å². The van der Waals surface area contributed by atoms with Crippen LogP contribution in [0.4, 0.5) is 0 Å². The highest BCUT2D eigenvalue weighted by atomic mass is 16.5. The Labute approximate surface area is 160 Å². The summed E-state index contributed by atoms with van der Waals surface area (Å²) in [4.78, 5) is 21.6. The fraction of sp³-hybridized carbons (Fsp3) is 0.571. The third kappa shape index (κ3) is 3.90. The first-order valence-electron chi connectivity index (χ1n) is 10.0. The predicted molar refractivity (Wildman–Crippen MR) is 102 cm³/mol. The normalized spacial score (nSPS) is 20.3. The second-order valence-corrected chi connectivity index (χ2v) is 7.92. The van der Waals surface area contributed by atoms with E-state index in [0.717, 1.165) is 51.3 Å². The molecule has 0 radical (unpaired) electrons. The van der Waals surface area contributed by atoms with Gasteiger partial charge in [-0.3, -0.25) is 9.69 Å². The van der Waals surface area contributed by atoms with Gasteiger partial charge in [-0.25, -0.2) is 0 Å². The lowest BCUT2D eigenvalue weighted by Crippen LogP contribution is -2.38. The molecule has 4 rings (SSSR count). The highest BCUT2D eigenvalue weighted by molar-refractivity contribution is 5.76. The molecule has 2 aliphatic heterocycles. The second-order valence-electron chi connectivity index (χ2n) is 7.92. The molecular weight excluding hydrogens is 340 g/mol. The molecule has 6 nitrogen and oxygen atoms in total. The molecule has 1 unspecified atom stereocenters. The van der Waals surface area contributed by atoms with Gasteiger partial charge in [0.25, 0.3) is 0 Å². The molecule has 0 N–H and O–H groups in total. The van der Waals surface area contributed by atoms with Gasteiger partial charge in [0, 0.05) is 32.0 Å². The lowest BCUT2D eigenvalue weighted by molar-refractivity contribution is -0.132. The van der Waals surface area contributed by atoms with Gasteiger partial charge in [-0.1, -0.05) is 43.3 Å². The molecule has 1 saturated heterocycles. The van der Waals surface area contributed by atoms with Crippen molar-refractivity contribution < 1.29 is 9.32 Å². The van der Waals surface area contributed by atoms with Crippen molar-refractivity contribution in [1.82, 2.24) is 19.9 Å². The summed E-state index contributed by atoms with van der Waals surface area (Å²) in [6.07, 6.45) is 3.62. The van der Waals surface area contributed by atoms with Crippen LogP contribution >= 0.6 is 0 Å². The number of amides is 1. The Balaban J connectivity index is 1.34. The van der Waals surface area contributed by atoms with Gasteiger partial charge in [0.2, 0.25) is 11.8 Å². The van der Waals surface area contributed by atoms with Crippen LogP contribution in [0.3, 0.4) is 0 Å². The Morgan fingerprint density at radius 2 is 2.07 bits per heavy atom. The molecule has 1 atom stereocenters. The number of carbonyl (C=O) groups is 1. The van der Waals surface area contributed by atoms with Crippen molar-refractivity contribution in [2.75, 3.05) is 19.6 Å². The van der Waals surface area contributed by atoms with Crippen LogP contribution in [0.15, 0.2) is 28.8 Å². The zero-order valence-corrected chi connectivity index (χ0v) is 16.2. The van der Waals surface area contributed by atoms with Crippen molar-refractivity contribution in [3.05, 3.63) is 47.1 Å². The molecular formula is C21H28N4O2. The molecule has 27 heavy (non-hydrogen) atoms. The summed E-state index contributed by atoms with van der Waals surface area (Å²) < 4.78 is 5.50. The summed E-state index contributed by atoms with van der Waals surface area (Å²) in [5.74, 6) is 1.97. The molecule has 0 saturated carbocycles. The van der Waals surface area contributed by atoms with Crippen LogP contribution in [-0.2, 0) is 17.8 Å². The van der Waals surface area contributed by atoms with E-state index in [0.29, 0.717) is 12.3 Å². The lowest BCUT2D eigenvalue weighted by Gasteiger charge is -2.30. The van der Waals surface area contributed by atoms with Crippen molar-refractivity contribution in [2.45, 2.75) is 58.0 Å². The topological polar surface area (TPSA) is 62.5 Å². The van der Waals surface area contributed by atoms with Gasteiger partial charge in [-0.15, -0.1) is 0 Å². The third-order valence-electron chi connectivity index (χ3n) is 5.72. The monoisotopic (exact) mass is 368 g/mol. The van der Waals surface area contributed by atoms with Crippen molar-refractivity contribution in [1.29, 1.82) is 0 Å². The van der Waals surface area contributed by atoms with Crippen molar-refractivity contribution in [2.24, 2.45) is 0 Å². The fourth-order valence-electron chi connectivity index (χ4n) is 4.10. The van der Waals surface area contributed by atoms with E-state index in [1.807, 2.05) is 4.90 Å². The molecule has 0 spiro atoms. The molecule has 1 fully saturated rings. The van der Waals surface area contributed by atoms with Crippen LogP contribution in [0, 0.1) is 0 Å². The van der Waals surface area contributed by atoms with Crippen molar-refractivity contribution >= 4 is 5.91 Å². The molecule has 1 aromatic heterocycles. The fourth-order valence-corrected chi connectivity index (χ4v) is 4.10. The standard InChI is InChI=1S/C21H28N4O2/c1-15(2)20-22-21(27-23-20)18-8-5-11-24(18)13-10-19(26)25-12-9-16-6-3-4-7-17(16)14-25/h3-4,6-7,15,18H,5,8-14H2,1-2H3. The minimum Gasteiger partial charge on any atom is -0.338 e. The number of fused-ring (bicyclic) bond motifs is 1. The Bertz CT molecular complexity index is 801. The van der Waals surface area contributed by atoms with Gasteiger partial charge in [0.15, 0.2) is 5.82 Å². The van der Waals surface area contributed by atoms with E-state index in [-0.39, 0.29) is 17.9 Å². The van der Waals surface area contributed by atoms with Gasteiger partial charge in [0.05, 0.1) is 6.04 Å². The third-order valence-corrected chi connectivity index (χ3v) is 5.72. The van der Waals surface area contributed by atoms with Crippen LogP contribution in [0.5, 0.6) is 0 Å². The summed E-state index contributed by atoms with van der Waals surface area (Å²) in [7, 11) is 0. The molecule has 1 amide bonds. The number of aromatic nitrogens is 2. The number of hydrogen-bond acceptors (Lipinski definition) is 5. The first-order chi connectivity index (χ1) is 13.1. The minimum absolute atomic E-state index is 0.153. The van der Waals surface area contributed by atoms with E-state index >= 15 is 0 Å². The van der Waals surface area contributed by atoms with E-state index in [1.54, 1.807) is 0 Å². The first kappa shape index (κ1) is 18.2. The smallest absolute Gasteiger partial charge is 0.244 e. The Morgan fingerprint density at radius 1 is 1.26 bits per heavy atom. The maximum absolute atomic E-state index is 12.7. The summed E-state index contributed by atoms with van der Waals surface area (Å²) in [6.45, 7) is 7.43. The average molecular weight is 368 g/mol. The summed E-state index contributed by atoms with van der Waals surface area (Å²) in [5.41, 5.74) is 2.65. The number of likely N-dealkylation sites (tertiary alicyclic amines) is 1. The summed E-state index contributed by atoms with van der Waals surface area (Å²) in [6, 6.07) is 8.58. The Hall–Kier alpha value is -2.21. The van der Waals surface area contributed by atoms with Crippen LogP contribution in [0.1, 0.15) is 67.9 Å². The number of rotatable bonds is 5. The Kier molecular flexibility index (Phi) is 5.25. The summed E-state index contributed by atoms with van der Waals surface area (Å²) in [5, 5.41) is 4.10. The lowest BCUT2D eigenvalue weighted by atomic mass is 10.00. The van der Waals surface area contributed by atoms with Crippen LogP contribution < -0.4 is 0 Å². The number of carbonyl (C=O) groups excluding carboxylic acids is 1. The Morgan fingerprint density at radius 3 is 2.85 bits per heavy atom. The van der Waals surface area contributed by atoms with Gasteiger partial charge in [0.1, 0.15) is 0 Å². The predicted octanol–water partition coefficient (Wildman–Crippen LogP) is 3.30. The van der Waals surface area contributed by atoms with E-state index in [2.05, 4.69) is 53.2 Å². The highest BCUT2D eigenvalue weighted by Gasteiger charge is 2.31. The van der Waals surface area contributed by atoms with Crippen LogP contribution in [-0.4, -0.2) is 45.5 Å². The molecule has 0 bridgehead atoms.